The maximum Gasteiger partial charge on any atom is 0.239 e. The Kier molecular flexibility index (Phi) is 7.81. The van der Waals surface area contributed by atoms with Gasteiger partial charge in [0, 0.05) is 52.1 Å². The average Bonchev–Trinajstić information content (AvgIpc) is 2.94. The molecule has 0 amide bonds. The fourth-order valence-corrected chi connectivity index (χ4v) is 4.47. The quantitative estimate of drug-likeness (QED) is 0.470. The van der Waals surface area contributed by atoms with E-state index in [0.717, 1.165) is 63.7 Å². The fourth-order valence-electron chi connectivity index (χ4n) is 4.47. The van der Waals surface area contributed by atoms with E-state index in [9.17, 15) is 0 Å². The number of pyridine rings is 2. The van der Waals surface area contributed by atoms with Crippen molar-refractivity contribution in [3.8, 4) is 23.0 Å². The molecule has 2 saturated heterocycles. The van der Waals surface area contributed by atoms with Crippen LogP contribution in [0.15, 0.2) is 36.7 Å². The van der Waals surface area contributed by atoms with E-state index in [1.54, 1.807) is 7.11 Å². The molecule has 0 atom stereocenters. The van der Waals surface area contributed by atoms with Crippen LogP contribution in [0.25, 0.3) is 11.4 Å². The number of methoxy groups -OCH3 is 1. The summed E-state index contributed by atoms with van der Waals surface area (Å²) in [6.45, 7) is 5.36. The number of hydrogen-bond donors (Lipinski definition) is 2. The number of hydrogen-bond acceptors (Lipinski definition) is 11. The topological polar surface area (TPSA) is 110 Å². The maximum atomic E-state index is 6.18. The highest BCUT2D eigenvalue weighted by molar-refractivity contribution is 5.66. The molecular formula is C26H34N8O3. The molecule has 3 aromatic rings. The van der Waals surface area contributed by atoms with E-state index < -0.39 is 0 Å². The highest BCUT2D eigenvalue weighted by atomic mass is 16.5. The van der Waals surface area contributed by atoms with Gasteiger partial charge in [-0.2, -0.15) is 4.98 Å². The van der Waals surface area contributed by atoms with Crippen molar-refractivity contribution in [1.29, 1.82) is 0 Å². The van der Waals surface area contributed by atoms with E-state index in [0.29, 0.717) is 34.7 Å². The van der Waals surface area contributed by atoms with Crippen molar-refractivity contribution in [2.75, 3.05) is 76.1 Å². The Morgan fingerprint density at radius 2 is 1.76 bits per heavy atom. The molecule has 11 nitrogen and oxygen atoms in total. The molecule has 0 saturated carbocycles. The minimum absolute atomic E-state index is 0.135. The van der Waals surface area contributed by atoms with Crippen LogP contribution in [0, 0.1) is 0 Å². The molecule has 0 aromatic carbocycles. The minimum atomic E-state index is 0.135. The second-order valence-electron chi connectivity index (χ2n) is 9.15. The molecule has 37 heavy (non-hydrogen) atoms. The highest BCUT2D eigenvalue weighted by Gasteiger charge is 2.20. The van der Waals surface area contributed by atoms with Gasteiger partial charge in [-0.3, -0.25) is 0 Å². The zero-order valence-electron chi connectivity index (χ0n) is 21.6. The third kappa shape index (κ3) is 6.00. The lowest BCUT2D eigenvalue weighted by atomic mass is 10.1. The van der Waals surface area contributed by atoms with E-state index >= 15 is 0 Å². The van der Waals surface area contributed by atoms with Crippen molar-refractivity contribution >= 4 is 23.1 Å². The molecule has 2 fully saturated rings. The van der Waals surface area contributed by atoms with Crippen molar-refractivity contribution in [3.63, 3.8) is 0 Å². The molecule has 0 aliphatic carbocycles. The summed E-state index contributed by atoms with van der Waals surface area (Å²) in [4.78, 5) is 22.9. The third-order valence-corrected chi connectivity index (χ3v) is 6.62. The van der Waals surface area contributed by atoms with Gasteiger partial charge >= 0.3 is 0 Å². The average molecular weight is 507 g/mol. The van der Waals surface area contributed by atoms with Crippen molar-refractivity contribution in [2.45, 2.75) is 18.9 Å². The van der Waals surface area contributed by atoms with Crippen LogP contribution in [0.3, 0.4) is 0 Å². The summed E-state index contributed by atoms with van der Waals surface area (Å²) in [5, 5.41) is 6.41. The Hall–Kier alpha value is -3.70. The van der Waals surface area contributed by atoms with E-state index in [1.165, 1.54) is 6.33 Å². The zero-order valence-corrected chi connectivity index (χ0v) is 21.6. The Morgan fingerprint density at radius 3 is 2.51 bits per heavy atom. The molecule has 2 N–H and O–H groups in total. The van der Waals surface area contributed by atoms with Crippen LogP contribution in [0.5, 0.6) is 11.6 Å². The molecule has 2 aliphatic heterocycles. The van der Waals surface area contributed by atoms with Gasteiger partial charge in [0.15, 0.2) is 11.6 Å². The molecule has 5 heterocycles. The lowest BCUT2D eigenvalue weighted by molar-refractivity contribution is 0.0257. The summed E-state index contributed by atoms with van der Waals surface area (Å²) in [6.07, 6.45) is 3.40. The molecule has 2 aliphatic rings. The van der Waals surface area contributed by atoms with Gasteiger partial charge in [0.1, 0.15) is 29.8 Å². The number of anilines is 4. The number of nitrogens with zero attached hydrogens (tertiary/aromatic N) is 6. The minimum Gasteiger partial charge on any atom is -0.486 e. The van der Waals surface area contributed by atoms with E-state index in [1.807, 2.05) is 37.4 Å². The maximum absolute atomic E-state index is 6.18. The SMILES string of the molecule is CNc1nc(-c2cc(Nc3ccc(N4CCN(C)CC4)c(OC)n3)ncn2)ccc1OC1CCOCC1. The molecule has 196 valence electrons. The number of nitrogens with one attached hydrogen (secondary N) is 2. The van der Waals surface area contributed by atoms with Crippen LogP contribution in [-0.4, -0.2) is 91.5 Å². The Balaban J connectivity index is 1.31. The predicted octanol–water partition coefficient (Wildman–Crippen LogP) is 3.04. The van der Waals surface area contributed by atoms with Gasteiger partial charge in [-0.15, -0.1) is 0 Å². The number of rotatable bonds is 8. The fraction of sp³-hybridized carbons (Fsp3) is 0.462. The molecule has 0 unspecified atom stereocenters. The molecular weight excluding hydrogens is 472 g/mol. The number of ether oxygens (including phenoxy) is 3. The molecule has 0 spiro atoms. The first-order valence-corrected chi connectivity index (χ1v) is 12.6. The smallest absolute Gasteiger partial charge is 0.239 e. The Bertz CT molecular complexity index is 1200. The predicted molar refractivity (Wildman–Crippen MR) is 143 cm³/mol. The number of aromatic nitrogens is 4. The van der Waals surface area contributed by atoms with Crippen molar-refractivity contribution < 1.29 is 14.2 Å². The molecule has 0 bridgehead atoms. The zero-order chi connectivity index (χ0) is 25.6. The van der Waals surface area contributed by atoms with Crippen LogP contribution < -0.4 is 25.0 Å². The van der Waals surface area contributed by atoms with Crippen LogP contribution in [0.1, 0.15) is 12.8 Å². The summed E-state index contributed by atoms with van der Waals surface area (Å²) in [7, 11) is 5.62. The van der Waals surface area contributed by atoms with Crippen LogP contribution in [-0.2, 0) is 4.74 Å². The first-order valence-electron chi connectivity index (χ1n) is 12.6. The lowest BCUT2D eigenvalue weighted by Crippen LogP contribution is -2.44. The summed E-state index contributed by atoms with van der Waals surface area (Å²) in [6, 6.07) is 9.68. The second kappa shape index (κ2) is 11.6. The van der Waals surface area contributed by atoms with E-state index in [4.69, 9.17) is 19.2 Å². The summed E-state index contributed by atoms with van der Waals surface area (Å²) < 4.78 is 17.2. The largest absolute Gasteiger partial charge is 0.486 e. The third-order valence-electron chi connectivity index (χ3n) is 6.62. The van der Waals surface area contributed by atoms with Crippen LogP contribution in [0.2, 0.25) is 0 Å². The second-order valence-corrected chi connectivity index (χ2v) is 9.15. The molecule has 5 rings (SSSR count). The van der Waals surface area contributed by atoms with Gasteiger partial charge in [-0.05, 0) is 31.3 Å². The molecule has 0 radical (unpaired) electrons. The standard InChI is InChI=1S/C26H34N8O3/c1-27-25-22(37-18-8-14-36-15-9-18)6-4-19(30-25)20-16-24(29-17-28-20)31-23-7-5-21(26(32-23)35-3)34-12-10-33(2)11-13-34/h4-7,16-18H,8-15H2,1-3H3,(H,27,30)(H,28,29,31,32). The lowest BCUT2D eigenvalue weighted by Gasteiger charge is -2.34. The van der Waals surface area contributed by atoms with Crippen molar-refractivity contribution in [2.24, 2.45) is 0 Å². The normalized spacial score (nSPS) is 16.9. The molecule has 11 heteroatoms. The molecule has 3 aromatic heterocycles. The van der Waals surface area contributed by atoms with Crippen LogP contribution >= 0.6 is 0 Å². The van der Waals surface area contributed by atoms with Gasteiger partial charge in [0.05, 0.1) is 31.7 Å². The first-order chi connectivity index (χ1) is 18.1. The van der Waals surface area contributed by atoms with E-state index in [2.05, 4.69) is 42.4 Å². The van der Waals surface area contributed by atoms with Gasteiger partial charge in [-0.25, -0.2) is 15.0 Å². The Morgan fingerprint density at radius 1 is 0.946 bits per heavy atom. The van der Waals surface area contributed by atoms with Crippen LogP contribution in [0.4, 0.5) is 23.1 Å². The summed E-state index contributed by atoms with van der Waals surface area (Å²) in [5.74, 6) is 3.24. The van der Waals surface area contributed by atoms with Gasteiger partial charge in [-0.1, -0.05) is 0 Å². The number of likely N-dealkylation sites (N-methyl/N-ethyl adjacent to an activating group) is 1. The Labute approximate surface area is 217 Å². The van der Waals surface area contributed by atoms with Gasteiger partial charge in [0.25, 0.3) is 0 Å². The van der Waals surface area contributed by atoms with Crippen molar-refractivity contribution in [1.82, 2.24) is 24.8 Å². The van der Waals surface area contributed by atoms with Gasteiger partial charge < -0.3 is 34.6 Å². The number of piperazine rings is 1. The van der Waals surface area contributed by atoms with Gasteiger partial charge in [0.2, 0.25) is 5.88 Å². The monoisotopic (exact) mass is 506 g/mol. The summed E-state index contributed by atoms with van der Waals surface area (Å²) >= 11 is 0. The summed E-state index contributed by atoms with van der Waals surface area (Å²) in [5.41, 5.74) is 2.40. The first kappa shape index (κ1) is 25.0. The van der Waals surface area contributed by atoms with E-state index in [-0.39, 0.29) is 6.10 Å². The van der Waals surface area contributed by atoms with Crippen molar-refractivity contribution in [3.05, 3.63) is 36.7 Å². The highest BCUT2D eigenvalue weighted by Crippen LogP contribution is 2.31.